The molecule has 0 N–H and O–H groups in total. The molecule has 0 aliphatic heterocycles. The Labute approximate surface area is 58.3 Å². The molecule has 0 heterocycles. The second-order valence-electron chi connectivity index (χ2n) is 2.27. The summed E-state index contributed by atoms with van der Waals surface area (Å²) < 4.78 is 4.59. The van der Waals surface area contributed by atoms with Crippen LogP contribution >= 0.6 is 0 Å². The molecule has 1 fully saturated rings. The van der Waals surface area contributed by atoms with E-state index in [4.69, 9.17) is 0 Å². The zero-order valence-electron chi connectivity index (χ0n) is 4.94. The Morgan fingerprint density at radius 3 is 2.38 bits per heavy atom. The number of hydrogen-bond donors (Lipinski definition) is 0. The van der Waals surface area contributed by atoms with Crippen LogP contribution in [0.5, 0.6) is 0 Å². The number of methoxy groups -OCH3 is 1. The fraction of sp³-hybridized carbons (Fsp3) is 0.800. The van der Waals surface area contributed by atoms with Crippen LogP contribution in [0.3, 0.4) is 0 Å². The summed E-state index contributed by atoms with van der Waals surface area (Å²) in [5.74, 6) is -0.00231. The van der Waals surface area contributed by atoms with E-state index in [0.717, 1.165) is 31.1 Å². The molecule has 1 aliphatic carbocycles. The minimum atomic E-state index is -0.00231. The van der Waals surface area contributed by atoms with E-state index in [9.17, 15) is 4.79 Å². The number of carbonyl (C=O) groups excluding carboxylic acids is 1. The van der Waals surface area contributed by atoms with Crippen molar-refractivity contribution < 1.29 is 27.8 Å². The second kappa shape index (κ2) is 1.80. The van der Waals surface area contributed by atoms with E-state index >= 15 is 0 Å². The monoisotopic (exact) mass is 163 g/mol. The molecule has 0 radical (unpaired) electrons. The summed E-state index contributed by atoms with van der Waals surface area (Å²) in [5.41, 5.74) is 0. The van der Waals surface area contributed by atoms with Crippen LogP contribution in [0.4, 0.5) is 0 Å². The third kappa shape index (κ3) is 0.922. The van der Waals surface area contributed by atoms with Crippen LogP contribution in [0, 0.1) is 0 Å². The average Bonchev–Trinajstić information content (AvgIpc) is 2.47. The van der Waals surface area contributed by atoms with Gasteiger partial charge in [0.2, 0.25) is 0 Å². The maximum absolute atomic E-state index is 10.7. The fourth-order valence-electron chi connectivity index (χ4n) is 0.572. The molecule has 0 bridgehead atoms. The van der Waals surface area contributed by atoms with Gasteiger partial charge in [-0.15, -0.1) is 0 Å². The van der Waals surface area contributed by atoms with E-state index in [1.807, 2.05) is 0 Å². The molecule has 8 heavy (non-hydrogen) atoms. The number of ether oxygens (including phenoxy) is 1. The Bertz CT molecular complexity index is 118. The van der Waals surface area contributed by atoms with Gasteiger partial charge in [-0.3, -0.25) is 0 Å². The van der Waals surface area contributed by atoms with Crippen molar-refractivity contribution in [2.45, 2.75) is 16.9 Å². The van der Waals surface area contributed by atoms with Gasteiger partial charge < -0.3 is 0 Å². The Morgan fingerprint density at radius 1 is 1.75 bits per heavy atom. The molecule has 1 saturated carbocycles. The summed E-state index contributed by atoms with van der Waals surface area (Å²) in [6.45, 7) is 0. The normalized spacial score (nSPS) is 22.4. The van der Waals surface area contributed by atoms with Crippen molar-refractivity contribution in [2.75, 3.05) is 7.11 Å². The Hall–Kier alpha value is 0.0934. The van der Waals surface area contributed by atoms with Gasteiger partial charge in [-0.1, -0.05) is 0 Å². The molecule has 2 nitrogen and oxygen atoms in total. The summed E-state index contributed by atoms with van der Waals surface area (Å²) in [6, 6.07) is 0. The van der Waals surface area contributed by atoms with Crippen molar-refractivity contribution in [3.05, 3.63) is 0 Å². The van der Waals surface area contributed by atoms with Gasteiger partial charge in [0.25, 0.3) is 0 Å². The number of carbonyl (C=O) groups is 1. The SMILES string of the molecule is COC(=O)[C]1([Zn])CC1. The molecule has 0 atom stereocenters. The van der Waals surface area contributed by atoms with Crippen molar-refractivity contribution in [2.24, 2.45) is 0 Å². The van der Waals surface area contributed by atoms with E-state index in [-0.39, 0.29) is 9.98 Å². The molecule has 1 aliphatic rings. The third-order valence-corrected chi connectivity index (χ3v) is 3.56. The fourth-order valence-corrected chi connectivity index (χ4v) is 1.25. The quantitative estimate of drug-likeness (QED) is 0.420. The average molecular weight is 164 g/mol. The van der Waals surface area contributed by atoms with Gasteiger partial charge >= 0.3 is 57.8 Å². The van der Waals surface area contributed by atoms with Crippen LogP contribution < -0.4 is 0 Å². The van der Waals surface area contributed by atoms with E-state index in [2.05, 4.69) is 4.74 Å². The topological polar surface area (TPSA) is 26.3 Å². The Balaban J connectivity index is 2.46. The predicted octanol–water partition coefficient (Wildman–Crippen LogP) is 0.659. The van der Waals surface area contributed by atoms with Crippen LogP contribution in [0.2, 0.25) is 4.01 Å². The number of rotatable bonds is 1. The molecule has 1 rings (SSSR count). The molecular weight excluding hydrogens is 157 g/mol. The van der Waals surface area contributed by atoms with Crippen molar-refractivity contribution in [1.29, 1.82) is 0 Å². The van der Waals surface area contributed by atoms with E-state index < -0.39 is 0 Å². The molecule has 41 valence electrons. The molecular formula is C5H7O2Zn. The van der Waals surface area contributed by atoms with Gasteiger partial charge in [-0.2, -0.15) is 0 Å². The summed E-state index contributed by atoms with van der Waals surface area (Å²) >= 11 is 1.06. The first-order valence-corrected chi connectivity index (χ1v) is 4.11. The van der Waals surface area contributed by atoms with Crippen molar-refractivity contribution >= 4 is 5.97 Å². The van der Waals surface area contributed by atoms with Crippen LogP contribution in [-0.2, 0) is 27.8 Å². The summed E-state index contributed by atoms with van der Waals surface area (Å²) in [5, 5.41) is 0. The predicted molar refractivity (Wildman–Crippen MR) is 23.9 cm³/mol. The maximum atomic E-state index is 10.7. The zero-order chi connectivity index (χ0) is 6.20. The summed E-state index contributed by atoms with van der Waals surface area (Å²) in [7, 11) is 1.46. The number of esters is 1. The van der Waals surface area contributed by atoms with Crippen molar-refractivity contribution in [1.82, 2.24) is 0 Å². The van der Waals surface area contributed by atoms with Gasteiger partial charge in [0.15, 0.2) is 0 Å². The van der Waals surface area contributed by atoms with Crippen molar-refractivity contribution in [3.63, 3.8) is 0 Å². The molecule has 0 aromatic heterocycles. The Kier molecular flexibility index (Phi) is 1.40. The first-order valence-electron chi connectivity index (χ1n) is 2.63. The molecule has 3 heteroatoms. The molecule has 0 aromatic rings. The summed E-state index contributed by atoms with van der Waals surface area (Å²) in [4.78, 5) is 10.7. The van der Waals surface area contributed by atoms with Crippen LogP contribution in [-0.4, -0.2) is 13.1 Å². The van der Waals surface area contributed by atoms with Gasteiger partial charge in [-0.25, -0.2) is 0 Å². The standard InChI is InChI=1S/C5H7O2.Zn/c1-7-5(6)4-2-3-4;/h2-3H2,1H3;. The molecule has 0 aromatic carbocycles. The van der Waals surface area contributed by atoms with E-state index in [1.165, 1.54) is 7.11 Å². The number of hydrogen-bond acceptors (Lipinski definition) is 2. The van der Waals surface area contributed by atoms with Gasteiger partial charge in [0, 0.05) is 0 Å². The van der Waals surface area contributed by atoms with Crippen LogP contribution in [0.15, 0.2) is 0 Å². The minimum absolute atomic E-state index is 0.00231. The molecule has 0 spiro atoms. The van der Waals surface area contributed by atoms with Gasteiger partial charge in [0.1, 0.15) is 0 Å². The first-order chi connectivity index (χ1) is 3.69. The Morgan fingerprint density at radius 2 is 2.25 bits per heavy atom. The van der Waals surface area contributed by atoms with Gasteiger partial charge in [-0.05, 0) is 0 Å². The summed E-state index contributed by atoms with van der Waals surface area (Å²) in [6.07, 6.45) is 2.11. The van der Waals surface area contributed by atoms with E-state index in [0.29, 0.717) is 0 Å². The first kappa shape index (κ1) is 6.22. The van der Waals surface area contributed by atoms with Crippen LogP contribution in [0.1, 0.15) is 12.8 Å². The molecule has 0 amide bonds. The van der Waals surface area contributed by atoms with Crippen LogP contribution in [0.25, 0.3) is 0 Å². The second-order valence-corrected chi connectivity index (χ2v) is 5.11. The zero-order valence-corrected chi connectivity index (χ0v) is 7.90. The van der Waals surface area contributed by atoms with Gasteiger partial charge in [0.05, 0.1) is 0 Å². The third-order valence-electron chi connectivity index (χ3n) is 1.47. The molecule has 0 saturated heterocycles. The van der Waals surface area contributed by atoms with Crippen molar-refractivity contribution in [3.8, 4) is 0 Å². The molecule has 0 unspecified atom stereocenters. The van der Waals surface area contributed by atoms with E-state index in [1.54, 1.807) is 0 Å².